The van der Waals surface area contributed by atoms with E-state index in [1.165, 1.54) is 16.8 Å². The molecule has 1 amide bonds. The lowest BCUT2D eigenvalue weighted by Crippen LogP contribution is -2.29. The highest BCUT2D eigenvalue weighted by Crippen LogP contribution is 2.22. The molecule has 0 fully saturated rings. The second-order valence-corrected chi connectivity index (χ2v) is 6.69. The molecule has 2 aromatic carbocycles. The van der Waals surface area contributed by atoms with E-state index in [1.807, 2.05) is 0 Å². The average molecular weight is 397 g/mol. The number of carbonyl (C=O) groups is 2. The quantitative estimate of drug-likeness (QED) is 0.634. The fourth-order valence-electron chi connectivity index (χ4n) is 2.91. The standard InChI is InChI=1S/C20H20FN5O3/c1-12(20(28)29)15-4-3-5-17(11-15)22-19(27)18(26-13(2)23-24-25-26)10-14-6-8-16(21)9-7-14/h3-9,11-12,18H,10H2,1-2H3,(H,22,27)(H,28,29). The van der Waals surface area contributed by atoms with Gasteiger partial charge in [0.1, 0.15) is 17.7 Å². The second-order valence-electron chi connectivity index (χ2n) is 6.69. The first kappa shape index (κ1) is 20.1. The lowest BCUT2D eigenvalue weighted by atomic mass is 10.0. The molecule has 1 heterocycles. The number of aryl methyl sites for hydroxylation is 1. The maximum absolute atomic E-state index is 13.2. The Hall–Kier alpha value is -3.62. The summed E-state index contributed by atoms with van der Waals surface area (Å²) >= 11 is 0. The Morgan fingerprint density at radius 2 is 1.93 bits per heavy atom. The number of hydrogen-bond donors (Lipinski definition) is 2. The Morgan fingerprint density at radius 3 is 2.55 bits per heavy atom. The molecular formula is C20H20FN5O3. The molecule has 0 aliphatic carbocycles. The molecule has 0 spiro atoms. The lowest BCUT2D eigenvalue weighted by molar-refractivity contribution is -0.138. The van der Waals surface area contributed by atoms with Gasteiger partial charge in [-0.15, -0.1) is 5.10 Å². The van der Waals surface area contributed by atoms with E-state index in [4.69, 9.17) is 0 Å². The van der Waals surface area contributed by atoms with Gasteiger partial charge in [0.15, 0.2) is 0 Å². The van der Waals surface area contributed by atoms with Crippen LogP contribution in [0.25, 0.3) is 0 Å². The number of carboxylic acid groups (broad SMARTS) is 1. The van der Waals surface area contributed by atoms with Crippen LogP contribution in [-0.2, 0) is 16.0 Å². The molecule has 29 heavy (non-hydrogen) atoms. The Morgan fingerprint density at radius 1 is 1.21 bits per heavy atom. The first-order valence-electron chi connectivity index (χ1n) is 8.97. The predicted molar refractivity (Wildman–Crippen MR) is 103 cm³/mol. The molecule has 8 nitrogen and oxygen atoms in total. The zero-order valence-corrected chi connectivity index (χ0v) is 15.9. The number of aromatic nitrogens is 4. The summed E-state index contributed by atoms with van der Waals surface area (Å²) in [5.74, 6) is -1.93. The lowest BCUT2D eigenvalue weighted by Gasteiger charge is -2.18. The maximum atomic E-state index is 13.2. The minimum atomic E-state index is -0.952. The SMILES string of the molecule is Cc1nnnn1C(Cc1ccc(F)cc1)C(=O)Nc1cccc(C(C)C(=O)O)c1. The smallest absolute Gasteiger partial charge is 0.310 e. The van der Waals surface area contributed by atoms with Crippen LogP contribution in [0, 0.1) is 12.7 Å². The van der Waals surface area contributed by atoms with Gasteiger partial charge in [-0.3, -0.25) is 9.59 Å². The van der Waals surface area contributed by atoms with Crippen molar-refractivity contribution in [3.8, 4) is 0 Å². The van der Waals surface area contributed by atoms with Crippen molar-refractivity contribution < 1.29 is 19.1 Å². The van der Waals surface area contributed by atoms with Crippen LogP contribution in [0.2, 0.25) is 0 Å². The zero-order valence-electron chi connectivity index (χ0n) is 15.9. The molecule has 0 saturated carbocycles. The molecule has 2 unspecified atom stereocenters. The van der Waals surface area contributed by atoms with Gasteiger partial charge < -0.3 is 10.4 Å². The van der Waals surface area contributed by atoms with E-state index in [1.54, 1.807) is 50.2 Å². The highest BCUT2D eigenvalue weighted by atomic mass is 19.1. The Labute approximate surface area is 166 Å². The van der Waals surface area contributed by atoms with Crippen LogP contribution in [0.3, 0.4) is 0 Å². The topological polar surface area (TPSA) is 110 Å². The highest BCUT2D eigenvalue weighted by Gasteiger charge is 2.25. The minimum absolute atomic E-state index is 0.253. The summed E-state index contributed by atoms with van der Waals surface area (Å²) in [7, 11) is 0. The second kappa shape index (κ2) is 8.59. The summed E-state index contributed by atoms with van der Waals surface area (Å²) in [5, 5.41) is 23.3. The van der Waals surface area contributed by atoms with E-state index in [9.17, 15) is 19.1 Å². The molecular weight excluding hydrogens is 377 g/mol. The van der Waals surface area contributed by atoms with Crippen molar-refractivity contribution in [3.63, 3.8) is 0 Å². The van der Waals surface area contributed by atoms with E-state index in [0.717, 1.165) is 5.56 Å². The summed E-state index contributed by atoms with van der Waals surface area (Å²) < 4.78 is 14.6. The molecule has 0 bridgehead atoms. The first-order chi connectivity index (χ1) is 13.8. The van der Waals surface area contributed by atoms with Gasteiger partial charge in [-0.05, 0) is 59.7 Å². The Balaban J connectivity index is 1.85. The molecule has 2 N–H and O–H groups in total. The number of halogens is 1. The van der Waals surface area contributed by atoms with Gasteiger partial charge in [-0.25, -0.2) is 9.07 Å². The number of benzene rings is 2. The molecule has 0 saturated heterocycles. The average Bonchev–Trinajstić information content (AvgIpc) is 3.12. The molecule has 0 aliphatic heterocycles. The molecule has 9 heteroatoms. The van der Waals surface area contributed by atoms with Gasteiger partial charge in [-0.2, -0.15) is 0 Å². The van der Waals surface area contributed by atoms with Gasteiger partial charge >= 0.3 is 5.97 Å². The third-order valence-electron chi connectivity index (χ3n) is 4.62. The van der Waals surface area contributed by atoms with Crippen molar-refractivity contribution in [1.82, 2.24) is 20.2 Å². The number of amides is 1. The van der Waals surface area contributed by atoms with E-state index in [0.29, 0.717) is 17.1 Å². The molecule has 3 aromatic rings. The number of nitrogens with one attached hydrogen (secondary N) is 1. The van der Waals surface area contributed by atoms with Gasteiger partial charge in [0, 0.05) is 12.1 Å². The van der Waals surface area contributed by atoms with E-state index in [2.05, 4.69) is 20.8 Å². The minimum Gasteiger partial charge on any atom is -0.481 e. The van der Waals surface area contributed by atoms with Crippen molar-refractivity contribution >= 4 is 17.6 Å². The van der Waals surface area contributed by atoms with E-state index >= 15 is 0 Å². The number of carbonyl (C=O) groups excluding carboxylic acids is 1. The van der Waals surface area contributed by atoms with Crippen LogP contribution in [0.5, 0.6) is 0 Å². The number of anilines is 1. The number of hydrogen-bond acceptors (Lipinski definition) is 5. The number of aliphatic carboxylic acids is 1. The number of tetrazole rings is 1. The number of carboxylic acids is 1. The first-order valence-corrected chi connectivity index (χ1v) is 8.97. The molecule has 0 aliphatic rings. The van der Waals surface area contributed by atoms with Gasteiger partial charge in [0.25, 0.3) is 0 Å². The van der Waals surface area contributed by atoms with Crippen molar-refractivity contribution in [1.29, 1.82) is 0 Å². The maximum Gasteiger partial charge on any atom is 0.310 e. The normalized spacial score (nSPS) is 12.9. The number of nitrogens with zero attached hydrogens (tertiary/aromatic N) is 4. The van der Waals surface area contributed by atoms with Gasteiger partial charge in [0.2, 0.25) is 5.91 Å². The van der Waals surface area contributed by atoms with Gasteiger partial charge in [0.05, 0.1) is 5.92 Å². The number of rotatable bonds is 7. The van der Waals surface area contributed by atoms with Crippen molar-refractivity contribution in [2.45, 2.75) is 32.2 Å². The van der Waals surface area contributed by atoms with Crippen LogP contribution in [-0.4, -0.2) is 37.2 Å². The fraction of sp³-hybridized carbons (Fsp3) is 0.250. The van der Waals surface area contributed by atoms with Gasteiger partial charge in [-0.1, -0.05) is 24.3 Å². The summed E-state index contributed by atoms with van der Waals surface area (Å²) in [6.45, 7) is 3.26. The van der Waals surface area contributed by atoms with Crippen molar-refractivity contribution in [2.75, 3.05) is 5.32 Å². The highest BCUT2D eigenvalue weighted by molar-refractivity contribution is 5.94. The van der Waals surface area contributed by atoms with Crippen molar-refractivity contribution in [3.05, 3.63) is 71.3 Å². The Kier molecular flexibility index (Phi) is 5.96. The molecule has 3 rings (SSSR count). The largest absolute Gasteiger partial charge is 0.481 e. The summed E-state index contributed by atoms with van der Waals surface area (Å²) in [6.07, 6.45) is 0.253. The van der Waals surface area contributed by atoms with Crippen LogP contribution >= 0.6 is 0 Å². The molecule has 1 aromatic heterocycles. The zero-order chi connectivity index (χ0) is 21.0. The van der Waals surface area contributed by atoms with Crippen LogP contribution < -0.4 is 5.32 Å². The van der Waals surface area contributed by atoms with Crippen LogP contribution in [0.4, 0.5) is 10.1 Å². The molecule has 2 atom stereocenters. The monoisotopic (exact) mass is 397 g/mol. The third kappa shape index (κ3) is 4.81. The fourth-order valence-corrected chi connectivity index (χ4v) is 2.91. The Bertz CT molecular complexity index is 1020. The van der Waals surface area contributed by atoms with E-state index < -0.39 is 17.9 Å². The van der Waals surface area contributed by atoms with Crippen LogP contribution in [0.15, 0.2) is 48.5 Å². The molecule has 0 radical (unpaired) electrons. The summed E-state index contributed by atoms with van der Waals surface area (Å²) in [5.41, 5.74) is 1.79. The summed E-state index contributed by atoms with van der Waals surface area (Å²) in [4.78, 5) is 24.3. The predicted octanol–water partition coefficient (Wildman–Crippen LogP) is 2.73. The third-order valence-corrected chi connectivity index (χ3v) is 4.62. The van der Waals surface area contributed by atoms with Crippen molar-refractivity contribution in [2.24, 2.45) is 0 Å². The molecule has 150 valence electrons. The van der Waals surface area contributed by atoms with Crippen LogP contribution in [0.1, 0.15) is 35.8 Å². The van der Waals surface area contributed by atoms with E-state index in [-0.39, 0.29) is 18.1 Å². The summed E-state index contributed by atoms with van der Waals surface area (Å²) in [6, 6.07) is 11.8.